The third-order valence-electron chi connectivity index (χ3n) is 2.94. The molecular formula is C15H19N3O2. The Morgan fingerprint density at radius 1 is 1.30 bits per heavy atom. The Bertz CT molecular complexity index is 585. The highest BCUT2D eigenvalue weighted by Crippen LogP contribution is 2.09. The Labute approximate surface area is 118 Å². The summed E-state index contributed by atoms with van der Waals surface area (Å²) in [6.07, 6.45) is 0. The zero-order chi connectivity index (χ0) is 14.5. The van der Waals surface area contributed by atoms with E-state index in [2.05, 4.69) is 15.6 Å². The van der Waals surface area contributed by atoms with E-state index in [1.165, 1.54) is 0 Å². The molecule has 0 fully saturated rings. The van der Waals surface area contributed by atoms with E-state index in [4.69, 9.17) is 4.42 Å². The molecule has 2 rings (SSSR count). The van der Waals surface area contributed by atoms with Crippen LogP contribution in [0.25, 0.3) is 0 Å². The zero-order valence-corrected chi connectivity index (χ0v) is 12.0. The fourth-order valence-electron chi connectivity index (χ4n) is 1.83. The monoisotopic (exact) mass is 273 g/mol. The molecule has 2 N–H and O–H groups in total. The summed E-state index contributed by atoms with van der Waals surface area (Å²) in [7, 11) is 0. The van der Waals surface area contributed by atoms with Crippen LogP contribution in [-0.2, 0) is 11.3 Å². The zero-order valence-electron chi connectivity index (χ0n) is 12.0. The summed E-state index contributed by atoms with van der Waals surface area (Å²) in [5, 5.41) is 5.84. The average Bonchev–Trinajstić information content (AvgIpc) is 2.68. The first kappa shape index (κ1) is 14.3. The summed E-state index contributed by atoms with van der Waals surface area (Å²) in [5.74, 6) is 1.32. The van der Waals surface area contributed by atoms with E-state index in [1.54, 1.807) is 0 Å². The predicted molar refractivity (Wildman–Crippen MR) is 77.5 cm³/mol. The van der Waals surface area contributed by atoms with E-state index in [0.29, 0.717) is 12.4 Å². The smallest absolute Gasteiger partial charge is 0.238 e. The van der Waals surface area contributed by atoms with Crippen LogP contribution in [-0.4, -0.2) is 17.4 Å². The highest BCUT2D eigenvalue weighted by atomic mass is 16.4. The van der Waals surface area contributed by atoms with Crippen molar-refractivity contribution in [1.82, 2.24) is 10.3 Å². The van der Waals surface area contributed by atoms with Gasteiger partial charge in [0.15, 0.2) is 0 Å². The molecule has 0 aliphatic carbocycles. The number of nitrogens with zero attached hydrogens (tertiary/aromatic N) is 1. The summed E-state index contributed by atoms with van der Waals surface area (Å²) in [6, 6.07) is 7.70. The molecule has 106 valence electrons. The van der Waals surface area contributed by atoms with E-state index < -0.39 is 0 Å². The number of carbonyl (C=O) groups excluding carboxylic acids is 1. The maximum Gasteiger partial charge on any atom is 0.238 e. The maximum absolute atomic E-state index is 11.8. The van der Waals surface area contributed by atoms with Crippen molar-refractivity contribution in [2.24, 2.45) is 0 Å². The van der Waals surface area contributed by atoms with Gasteiger partial charge in [-0.05, 0) is 38.5 Å². The van der Waals surface area contributed by atoms with Crippen molar-refractivity contribution in [3.63, 3.8) is 0 Å². The number of aromatic nitrogens is 1. The standard InChI is InChI=1S/C15H19N3O2/c1-10-5-4-6-13(7-10)18-14(19)8-16-9-15-17-11(2)12(3)20-15/h4-7,16H,8-9H2,1-3H3,(H,18,19). The number of carbonyl (C=O) groups is 1. The lowest BCUT2D eigenvalue weighted by atomic mass is 10.2. The molecule has 0 atom stereocenters. The Morgan fingerprint density at radius 3 is 2.75 bits per heavy atom. The summed E-state index contributed by atoms with van der Waals surface area (Å²) in [4.78, 5) is 16.0. The second kappa shape index (κ2) is 6.34. The third-order valence-corrected chi connectivity index (χ3v) is 2.94. The number of aryl methyl sites for hydroxylation is 3. The van der Waals surface area contributed by atoms with Crippen LogP contribution in [0.1, 0.15) is 22.9 Å². The summed E-state index contributed by atoms with van der Waals surface area (Å²) < 4.78 is 5.42. The van der Waals surface area contributed by atoms with Gasteiger partial charge in [0.2, 0.25) is 11.8 Å². The van der Waals surface area contributed by atoms with E-state index in [-0.39, 0.29) is 12.5 Å². The molecule has 5 nitrogen and oxygen atoms in total. The number of oxazole rings is 1. The molecule has 0 radical (unpaired) electrons. The van der Waals surface area contributed by atoms with Crippen LogP contribution >= 0.6 is 0 Å². The fourth-order valence-corrected chi connectivity index (χ4v) is 1.83. The number of nitrogens with one attached hydrogen (secondary N) is 2. The van der Waals surface area contributed by atoms with E-state index in [1.807, 2.05) is 45.0 Å². The predicted octanol–water partition coefficient (Wildman–Crippen LogP) is 2.33. The number of hydrogen-bond acceptors (Lipinski definition) is 4. The molecule has 0 aliphatic heterocycles. The minimum atomic E-state index is -0.0874. The van der Waals surface area contributed by atoms with E-state index >= 15 is 0 Å². The molecule has 1 amide bonds. The first-order valence-corrected chi connectivity index (χ1v) is 6.55. The van der Waals surface area contributed by atoms with Gasteiger partial charge >= 0.3 is 0 Å². The molecule has 0 saturated carbocycles. The number of hydrogen-bond donors (Lipinski definition) is 2. The highest BCUT2D eigenvalue weighted by molar-refractivity contribution is 5.92. The maximum atomic E-state index is 11.8. The van der Waals surface area contributed by atoms with E-state index in [9.17, 15) is 4.79 Å². The van der Waals surface area contributed by atoms with Gasteiger partial charge in [0, 0.05) is 5.69 Å². The normalized spacial score (nSPS) is 10.6. The molecular weight excluding hydrogens is 254 g/mol. The van der Waals surface area contributed by atoms with Gasteiger partial charge in [-0.25, -0.2) is 4.98 Å². The highest BCUT2D eigenvalue weighted by Gasteiger charge is 2.06. The van der Waals surface area contributed by atoms with Crippen molar-refractivity contribution < 1.29 is 9.21 Å². The van der Waals surface area contributed by atoms with E-state index in [0.717, 1.165) is 22.7 Å². The van der Waals surface area contributed by atoms with Crippen LogP contribution < -0.4 is 10.6 Å². The van der Waals surface area contributed by atoms with Gasteiger partial charge in [-0.1, -0.05) is 12.1 Å². The quantitative estimate of drug-likeness (QED) is 0.877. The van der Waals surface area contributed by atoms with Gasteiger partial charge in [-0.3, -0.25) is 10.1 Å². The van der Waals surface area contributed by atoms with Crippen molar-refractivity contribution in [3.05, 3.63) is 47.2 Å². The van der Waals surface area contributed by atoms with Crippen molar-refractivity contribution in [2.75, 3.05) is 11.9 Å². The van der Waals surface area contributed by atoms with Crippen LogP contribution in [0.2, 0.25) is 0 Å². The molecule has 1 aromatic carbocycles. The molecule has 0 aliphatic rings. The molecule has 0 bridgehead atoms. The summed E-state index contributed by atoms with van der Waals surface area (Å²) >= 11 is 0. The number of rotatable bonds is 5. The van der Waals surface area contributed by atoms with Crippen LogP contribution in [0.15, 0.2) is 28.7 Å². The van der Waals surface area contributed by atoms with Crippen molar-refractivity contribution in [2.45, 2.75) is 27.3 Å². The lowest BCUT2D eigenvalue weighted by Crippen LogP contribution is -2.27. The van der Waals surface area contributed by atoms with Gasteiger partial charge < -0.3 is 9.73 Å². The van der Waals surface area contributed by atoms with Crippen LogP contribution in [0, 0.1) is 20.8 Å². The lowest BCUT2D eigenvalue weighted by Gasteiger charge is -2.06. The van der Waals surface area contributed by atoms with Gasteiger partial charge in [0.1, 0.15) is 5.76 Å². The minimum absolute atomic E-state index is 0.0874. The fraction of sp³-hybridized carbons (Fsp3) is 0.333. The van der Waals surface area contributed by atoms with Crippen LogP contribution in [0.5, 0.6) is 0 Å². The van der Waals surface area contributed by atoms with Crippen molar-refractivity contribution in [3.8, 4) is 0 Å². The first-order chi connectivity index (χ1) is 9.54. The van der Waals surface area contributed by atoms with Gasteiger partial charge in [0.25, 0.3) is 0 Å². The molecule has 0 unspecified atom stereocenters. The Balaban J connectivity index is 1.78. The Hall–Kier alpha value is -2.14. The second-order valence-electron chi connectivity index (χ2n) is 4.77. The number of anilines is 1. The topological polar surface area (TPSA) is 67.2 Å². The Morgan fingerprint density at radius 2 is 2.10 bits per heavy atom. The van der Waals surface area contributed by atoms with Gasteiger partial charge in [-0.2, -0.15) is 0 Å². The van der Waals surface area contributed by atoms with Crippen LogP contribution in [0.3, 0.4) is 0 Å². The summed E-state index contributed by atoms with van der Waals surface area (Å²) in [5.41, 5.74) is 2.80. The Kier molecular flexibility index (Phi) is 4.53. The SMILES string of the molecule is Cc1cccc(NC(=O)CNCc2nc(C)c(C)o2)c1. The van der Waals surface area contributed by atoms with Gasteiger partial charge in [-0.15, -0.1) is 0 Å². The molecule has 20 heavy (non-hydrogen) atoms. The molecule has 1 heterocycles. The number of amides is 1. The lowest BCUT2D eigenvalue weighted by molar-refractivity contribution is -0.115. The third kappa shape index (κ3) is 3.93. The largest absolute Gasteiger partial charge is 0.444 e. The minimum Gasteiger partial charge on any atom is -0.444 e. The molecule has 1 aromatic heterocycles. The average molecular weight is 273 g/mol. The van der Waals surface area contributed by atoms with Crippen molar-refractivity contribution >= 4 is 11.6 Å². The van der Waals surface area contributed by atoms with Crippen LogP contribution in [0.4, 0.5) is 5.69 Å². The first-order valence-electron chi connectivity index (χ1n) is 6.55. The van der Waals surface area contributed by atoms with Crippen molar-refractivity contribution in [1.29, 1.82) is 0 Å². The second-order valence-corrected chi connectivity index (χ2v) is 4.77. The molecule has 0 saturated heterocycles. The number of benzene rings is 1. The van der Waals surface area contributed by atoms with Gasteiger partial charge in [0.05, 0.1) is 18.8 Å². The molecule has 2 aromatic rings. The molecule has 5 heteroatoms. The summed E-state index contributed by atoms with van der Waals surface area (Å²) in [6.45, 7) is 6.41. The molecule has 0 spiro atoms.